The quantitative estimate of drug-likeness (QED) is 0.306. The van der Waals surface area contributed by atoms with Gasteiger partial charge in [-0.25, -0.2) is 9.07 Å². The number of hydrogen-bond donors (Lipinski definition) is 0. The van der Waals surface area contributed by atoms with Gasteiger partial charge < -0.3 is 0 Å². The first-order valence-electron chi connectivity index (χ1n) is 8.16. The number of fused-ring (bicyclic) bond motifs is 1. The summed E-state index contributed by atoms with van der Waals surface area (Å²) >= 11 is 5.49. The van der Waals surface area contributed by atoms with Gasteiger partial charge in [0.1, 0.15) is 21.7 Å². The first kappa shape index (κ1) is 18.2. The van der Waals surface area contributed by atoms with Crippen molar-refractivity contribution in [1.82, 2.24) is 14.8 Å². The van der Waals surface area contributed by atoms with Gasteiger partial charge in [0, 0.05) is 17.1 Å². The zero-order chi connectivity index (χ0) is 19.9. The fraction of sp³-hybridized carbons (Fsp3) is 0.0500. The minimum atomic E-state index is -4.48. The summed E-state index contributed by atoms with van der Waals surface area (Å²) < 4.78 is 54.5. The molecular formula is C20H11F4N3S. The van der Waals surface area contributed by atoms with Crippen molar-refractivity contribution in [3.8, 4) is 16.9 Å². The van der Waals surface area contributed by atoms with Crippen molar-refractivity contribution in [3.63, 3.8) is 0 Å². The zero-order valence-corrected chi connectivity index (χ0v) is 14.9. The highest BCUT2D eigenvalue weighted by molar-refractivity contribution is 7.71. The summed E-state index contributed by atoms with van der Waals surface area (Å²) in [5.74, 6) is -0.421. The van der Waals surface area contributed by atoms with Crippen LogP contribution in [0.25, 0.3) is 27.8 Å². The third kappa shape index (κ3) is 3.27. The van der Waals surface area contributed by atoms with Gasteiger partial charge in [-0.05, 0) is 48.5 Å². The normalized spacial score (nSPS) is 11.7. The van der Waals surface area contributed by atoms with E-state index in [0.29, 0.717) is 21.2 Å². The smallest absolute Gasteiger partial charge is 0.254 e. The predicted molar refractivity (Wildman–Crippen MR) is 100 cm³/mol. The minimum absolute atomic E-state index is 0.250. The Morgan fingerprint density at radius 2 is 1.68 bits per heavy atom. The van der Waals surface area contributed by atoms with Crippen molar-refractivity contribution in [3.05, 3.63) is 82.9 Å². The standard InChI is InChI=1S/C20H11F4N3S/c21-14-6-8-15(9-7-14)27-19(28)16-5-2-10-25-18(16)17(26-27)12-3-1-4-13(11-12)20(22,23)24/h1-11H. The Labute approximate surface area is 161 Å². The Balaban J connectivity index is 2.02. The Bertz CT molecular complexity index is 1230. The summed E-state index contributed by atoms with van der Waals surface area (Å²) in [6, 6.07) is 13.8. The van der Waals surface area contributed by atoms with E-state index in [9.17, 15) is 17.6 Å². The fourth-order valence-electron chi connectivity index (χ4n) is 2.87. The van der Waals surface area contributed by atoms with Gasteiger partial charge in [0.15, 0.2) is 0 Å². The van der Waals surface area contributed by atoms with E-state index in [1.807, 2.05) is 0 Å². The van der Waals surface area contributed by atoms with Crippen molar-refractivity contribution < 1.29 is 17.6 Å². The molecule has 0 atom stereocenters. The summed E-state index contributed by atoms with van der Waals surface area (Å²) in [5.41, 5.74) is 0.603. The number of pyridine rings is 1. The lowest BCUT2D eigenvalue weighted by Crippen LogP contribution is -2.07. The molecule has 0 aliphatic rings. The topological polar surface area (TPSA) is 30.7 Å². The molecule has 28 heavy (non-hydrogen) atoms. The molecule has 0 aliphatic carbocycles. The van der Waals surface area contributed by atoms with Crippen molar-refractivity contribution in [2.45, 2.75) is 6.18 Å². The second-order valence-corrected chi connectivity index (χ2v) is 6.41. The lowest BCUT2D eigenvalue weighted by atomic mass is 10.1. The highest BCUT2D eigenvalue weighted by atomic mass is 32.1. The second kappa shape index (κ2) is 6.79. The van der Waals surface area contributed by atoms with Crippen LogP contribution in [0.5, 0.6) is 0 Å². The van der Waals surface area contributed by atoms with Gasteiger partial charge in [0.25, 0.3) is 0 Å². The zero-order valence-electron chi connectivity index (χ0n) is 14.1. The van der Waals surface area contributed by atoms with Crippen LogP contribution >= 0.6 is 12.2 Å². The van der Waals surface area contributed by atoms with Gasteiger partial charge in [-0.3, -0.25) is 4.98 Å². The van der Waals surface area contributed by atoms with Crippen LogP contribution in [-0.4, -0.2) is 14.8 Å². The molecule has 0 spiro atoms. The second-order valence-electron chi connectivity index (χ2n) is 6.02. The van der Waals surface area contributed by atoms with Crippen molar-refractivity contribution >= 4 is 23.1 Å². The molecule has 4 rings (SSSR count). The van der Waals surface area contributed by atoms with E-state index < -0.39 is 17.6 Å². The molecule has 0 aliphatic heterocycles. The number of nitrogens with zero attached hydrogens (tertiary/aromatic N) is 3. The van der Waals surface area contributed by atoms with E-state index in [1.165, 1.54) is 47.3 Å². The maximum atomic E-state index is 13.3. The largest absolute Gasteiger partial charge is 0.416 e. The number of hydrogen-bond acceptors (Lipinski definition) is 3. The van der Waals surface area contributed by atoms with E-state index in [1.54, 1.807) is 12.1 Å². The molecule has 2 heterocycles. The van der Waals surface area contributed by atoms with Crippen LogP contribution in [0.2, 0.25) is 0 Å². The van der Waals surface area contributed by atoms with Gasteiger partial charge in [-0.1, -0.05) is 24.4 Å². The maximum Gasteiger partial charge on any atom is 0.416 e. The van der Waals surface area contributed by atoms with E-state index in [-0.39, 0.29) is 11.3 Å². The Hall–Kier alpha value is -3.13. The molecule has 0 bridgehead atoms. The van der Waals surface area contributed by atoms with Gasteiger partial charge in [0.2, 0.25) is 0 Å². The van der Waals surface area contributed by atoms with Crippen LogP contribution in [0.4, 0.5) is 17.6 Å². The van der Waals surface area contributed by atoms with Crippen molar-refractivity contribution in [1.29, 1.82) is 0 Å². The number of halogens is 4. The maximum absolute atomic E-state index is 13.3. The summed E-state index contributed by atoms with van der Waals surface area (Å²) in [5, 5.41) is 5.01. The van der Waals surface area contributed by atoms with E-state index in [0.717, 1.165) is 12.1 Å². The van der Waals surface area contributed by atoms with E-state index in [4.69, 9.17) is 12.2 Å². The molecular weight excluding hydrogens is 390 g/mol. The Morgan fingerprint density at radius 1 is 0.929 bits per heavy atom. The third-order valence-electron chi connectivity index (χ3n) is 4.19. The molecule has 0 amide bonds. The van der Waals surface area contributed by atoms with Crippen LogP contribution < -0.4 is 0 Å². The summed E-state index contributed by atoms with van der Waals surface area (Å²) in [4.78, 5) is 4.28. The molecule has 3 nitrogen and oxygen atoms in total. The van der Waals surface area contributed by atoms with Crippen LogP contribution in [0.3, 0.4) is 0 Å². The molecule has 8 heteroatoms. The SMILES string of the molecule is Fc1ccc(-n2nc(-c3cccc(C(F)(F)F)c3)c3ncccc3c2=S)cc1. The molecule has 0 radical (unpaired) electrons. The molecule has 0 N–H and O–H groups in total. The minimum Gasteiger partial charge on any atom is -0.254 e. The average Bonchev–Trinajstić information content (AvgIpc) is 2.69. The fourth-order valence-corrected chi connectivity index (χ4v) is 3.18. The summed E-state index contributed by atoms with van der Waals surface area (Å²) in [6.45, 7) is 0. The average molecular weight is 401 g/mol. The van der Waals surface area contributed by atoms with Gasteiger partial charge in [-0.2, -0.15) is 18.3 Å². The molecule has 0 saturated heterocycles. The summed E-state index contributed by atoms with van der Waals surface area (Å²) in [6.07, 6.45) is -2.96. The third-order valence-corrected chi connectivity index (χ3v) is 4.58. The first-order valence-corrected chi connectivity index (χ1v) is 8.57. The van der Waals surface area contributed by atoms with Crippen LogP contribution in [0, 0.1) is 10.5 Å². The molecule has 2 aromatic heterocycles. The molecule has 0 saturated carbocycles. The number of aromatic nitrogens is 3. The highest BCUT2D eigenvalue weighted by Crippen LogP contribution is 2.33. The Morgan fingerprint density at radius 3 is 2.39 bits per heavy atom. The van der Waals surface area contributed by atoms with Gasteiger partial charge in [0.05, 0.1) is 11.3 Å². The number of alkyl halides is 3. The van der Waals surface area contributed by atoms with E-state index >= 15 is 0 Å². The van der Waals surface area contributed by atoms with Crippen LogP contribution in [0.15, 0.2) is 66.9 Å². The van der Waals surface area contributed by atoms with Gasteiger partial charge in [-0.15, -0.1) is 0 Å². The molecule has 0 fully saturated rings. The van der Waals surface area contributed by atoms with E-state index in [2.05, 4.69) is 10.1 Å². The van der Waals surface area contributed by atoms with Crippen LogP contribution in [0.1, 0.15) is 5.56 Å². The molecule has 140 valence electrons. The Kier molecular flexibility index (Phi) is 4.43. The lowest BCUT2D eigenvalue weighted by molar-refractivity contribution is -0.137. The molecule has 2 aromatic carbocycles. The first-order chi connectivity index (χ1) is 13.3. The predicted octanol–water partition coefficient (Wildman–Crippen LogP) is 5.97. The van der Waals surface area contributed by atoms with Crippen molar-refractivity contribution in [2.75, 3.05) is 0 Å². The number of benzene rings is 2. The van der Waals surface area contributed by atoms with Crippen LogP contribution in [-0.2, 0) is 6.18 Å². The monoisotopic (exact) mass is 401 g/mol. The van der Waals surface area contributed by atoms with Crippen molar-refractivity contribution in [2.24, 2.45) is 0 Å². The molecule has 4 aromatic rings. The summed E-state index contributed by atoms with van der Waals surface area (Å²) in [7, 11) is 0. The van der Waals surface area contributed by atoms with Gasteiger partial charge >= 0.3 is 6.18 Å². The number of rotatable bonds is 2. The lowest BCUT2D eigenvalue weighted by Gasteiger charge is -2.13. The molecule has 0 unspecified atom stereocenters. The highest BCUT2D eigenvalue weighted by Gasteiger charge is 2.30.